The molecule has 100 valence electrons. The lowest BCUT2D eigenvalue weighted by atomic mass is 10.1. The normalized spacial score (nSPS) is 10.6. The van der Waals surface area contributed by atoms with Crippen LogP contribution >= 0.6 is 22.9 Å². The number of carboxylic acids is 1. The Hall–Kier alpha value is -1.36. The minimum atomic E-state index is -0.887. The van der Waals surface area contributed by atoms with Crippen LogP contribution in [0.1, 0.15) is 20.8 Å². The number of rotatable bonds is 6. The Bertz CT molecular complexity index is 568. The van der Waals surface area contributed by atoms with Gasteiger partial charge in [0, 0.05) is 18.0 Å². The van der Waals surface area contributed by atoms with Gasteiger partial charge in [0.2, 0.25) is 0 Å². The standard InChI is InChI=1S/C14H14ClNO2S/c15-13-6-5-11(19-13)7-8-16-9-10-3-1-2-4-12(10)14(17)18/h1-6,16H,7-9H2,(H,17,18). The Balaban J connectivity index is 1.84. The van der Waals surface area contributed by atoms with E-state index in [1.165, 1.54) is 4.88 Å². The lowest BCUT2D eigenvalue weighted by Gasteiger charge is -2.07. The molecule has 0 amide bonds. The summed E-state index contributed by atoms with van der Waals surface area (Å²) in [5.41, 5.74) is 1.16. The molecule has 0 fully saturated rings. The highest BCUT2D eigenvalue weighted by Gasteiger charge is 2.08. The van der Waals surface area contributed by atoms with Gasteiger partial charge in [-0.25, -0.2) is 4.79 Å². The molecule has 2 N–H and O–H groups in total. The molecule has 0 bridgehead atoms. The zero-order chi connectivity index (χ0) is 13.7. The zero-order valence-corrected chi connectivity index (χ0v) is 11.8. The van der Waals surface area contributed by atoms with Crippen molar-refractivity contribution in [3.05, 3.63) is 56.7 Å². The van der Waals surface area contributed by atoms with Crippen LogP contribution in [0.4, 0.5) is 0 Å². The van der Waals surface area contributed by atoms with Crippen LogP contribution in [0.5, 0.6) is 0 Å². The molecule has 0 atom stereocenters. The van der Waals surface area contributed by atoms with Crippen molar-refractivity contribution in [2.75, 3.05) is 6.54 Å². The van der Waals surface area contributed by atoms with Gasteiger partial charge in [-0.3, -0.25) is 0 Å². The van der Waals surface area contributed by atoms with Crippen molar-refractivity contribution in [1.82, 2.24) is 5.32 Å². The minimum absolute atomic E-state index is 0.356. The molecule has 3 nitrogen and oxygen atoms in total. The second kappa shape index (κ2) is 6.70. The molecule has 0 aliphatic carbocycles. The summed E-state index contributed by atoms with van der Waals surface area (Å²) >= 11 is 7.43. The number of carboxylic acid groups (broad SMARTS) is 1. The largest absolute Gasteiger partial charge is 0.478 e. The monoisotopic (exact) mass is 295 g/mol. The van der Waals surface area contributed by atoms with Crippen LogP contribution in [0.15, 0.2) is 36.4 Å². The number of nitrogens with one attached hydrogen (secondary N) is 1. The minimum Gasteiger partial charge on any atom is -0.478 e. The second-order valence-electron chi connectivity index (χ2n) is 4.09. The van der Waals surface area contributed by atoms with Crippen LogP contribution < -0.4 is 5.32 Å². The number of hydrogen-bond acceptors (Lipinski definition) is 3. The lowest BCUT2D eigenvalue weighted by molar-refractivity contribution is 0.0695. The topological polar surface area (TPSA) is 49.3 Å². The molecule has 2 rings (SSSR count). The van der Waals surface area contributed by atoms with E-state index < -0.39 is 5.97 Å². The summed E-state index contributed by atoms with van der Waals surface area (Å²) in [6.45, 7) is 1.35. The van der Waals surface area contributed by atoms with Gasteiger partial charge >= 0.3 is 5.97 Å². The first kappa shape index (κ1) is 14.1. The molecule has 0 radical (unpaired) electrons. The van der Waals surface area contributed by atoms with Crippen LogP contribution in [0.3, 0.4) is 0 Å². The molecule has 1 heterocycles. The fourth-order valence-electron chi connectivity index (χ4n) is 1.80. The summed E-state index contributed by atoms with van der Waals surface area (Å²) in [5, 5.41) is 12.3. The van der Waals surface area contributed by atoms with Gasteiger partial charge in [0.1, 0.15) is 0 Å². The molecule has 0 saturated heterocycles. The number of benzene rings is 1. The van der Waals surface area contributed by atoms with E-state index in [-0.39, 0.29) is 0 Å². The first-order chi connectivity index (χ1) is 9.16. The number of thiophene rings is 1. The van der Waals surface area contributed by atoms with Gasteiger partial charge in [-0.1, -0.05) is 29.8 Å². The van der Waals surface area contributed by atoms with Crippen molar-refractivity contribution < 1.29 is 9.90 Å². The van der Waals surface area contributed by atoms with Crippen molar-refractivity contribution in [1.29, 1.82) is 0 Å². The Morgan fingerprint density at radius 2 is 2.05 bits per heavy atom. The first-order valence-corrected chi connectivity index (χ1v) is 7.12. The highest BCUT2D eigenvalue weighted by atomic mass is 35.5. The number of halogens is 1. The fraction of sp³-hybridized carbons (Fsp3) is 0.214. The molecule has 5 heteroatoms. The van der Waals surface area contributed by atoms with Gasteiger partial charge in [-0.05, 0) is 30.2 Å². The summed E-state index contributed by atoms with van der Waals surface area (Å²) < 4.78 is 0.797. The number of hydrogen-bond donors (Lipinski definition) is 2. The van der Waals surface area contributed by atoms with Gasteiger partial charge in [-0.15, -0.1) is 11.3 Å². The fourth-order valence-corrected chi connectivity index (χ4v) is 2.89. The maximum atomic E-state index is 11.0. The smallest absolute Gasteiger partial charge is 0.336 e. The molecule has 19 heavy (non-hydrogen) atoms. The Morgan fingerprint density at radius 1 is 1.26 bits per heavy atom. The Morgan fingerprint density at radius 3 is 2.74 bits per heavy atom. The average Bonchev–Trinajstić information content (AvgIpc) is 2.81. The van der Waals surface area contributed by atoms with Crippen LogP contribution in [0.25, 0.3) is 0 Å². The van der Waals surface area contributed by atoms with Crippen LogP contribution in [0.2, 0.25) is 4.34 Å². The maximum Gasteiger partial charge on any atom is 0.336 e. The van der Waals surface area contributed by atoms with E-state index in [0.29, 0.717) is 12.1 Å². The Labute approximate surface area is 120 Å². The van der Waals surface area contributed by atoms with Crippen molar-refractivity contribution in [2.24, 2.45) is 0 Å². The third kappa shape index (κ3) is 4.06. The summed E-state index contributed by atoms with van der Waals surface area (Å²) in [6, 6.07) is 10.9. The maximum absolute atomic E-state index is 11.0. The van der Waals surface area contributed by atoms with Crippen LogP contribution in [-0.4, -0.2) is 17.6 Å². The predicted octanol–water partition coefficient (Wildman–Crippen LogP) is 3.43. The summed E-state index contributed by atoms with van der Waals surface area (Å²) in [7, 11) is 0. The quantitative estimate of drug-likeness (QED) is 0.803. The molecule has 1 aromatic heterocycles. The summed E-state index contributed by atoms with van der Waals surface area (Å²) in [4.78, 5) is 12.3. The molecule has 0 aliphatic heterocycles. The Kier molecular flexibility index (Phi) is 4.96. The summed E-state index contributed by atoms with van der Waals surface area (Å²) in [6.07, 6.45) is 0.895. The second-order valence-corrected chi connectivity index (χ2v) is 5.89. The first-order valence-electron chi connectivity index (χ1n) is 5.93. The molecular formula is C14H14ClNO2S. The van der Waals surface area contributed by atoms with Crippen molar-refractivity contribution in [3.8, 4) is 0 Å². The van der Waals surface area contributed by atoms with Gasteiger partial charge in [0.05, 0.1) is 9.90 Å². The zero-order valence-electron chi connectivity index (χ0n) is 10.2. The van der Waals surface area contributed by atoms with Crippen LogP contribution in [0, 0.1) is 0 Å². The lowest BCUT2D eigenvalue weighted by Crippen LogP contribution is -2.18. The number of aromatic carboxylic acids is 1. The van der Waals surface area contributed by atoms with Gasteiger partial charge < -0.3 is 10.4 Å². The third-order valence-electron chi connectivity index (χ3n) is 2.74. The molecule has 2 aromatic rings. The SMILES string of the molecule is O=C(O)c1ccccc1CNCCc1ccc(Cl)s1. The summed E-state index contributed by atoms with van der Waals surface area (Å²) in [5.74, 6) is -0.887. The molecule has 1 aromatic carbocycles. The van der Waals surface area contributed by atoms with Gasteiger partial charge in [-0.2, -0.15) is 0 Å². The van der Waals surface area contributed by atoms with Crippen molar-refractivity contribution in [2.45, 2.75) is 13.0 Å². The van der Waals surface area contributed by atoms with E-state index in [0.717, 1.165) is 22.9 Å². The van der Waals surface area contributed by atoms with Crippen LogP contribution in [-0.2, 0) is 13.0 Å². The van der Waals surface area contributed by atoms with E-state index in [1.54, 1.807) is 23.5 Å². The van der Waals surface area contributed by atoms with Crippen molar-refractivity contribution >= 4 is 28.9 Å². The predicted molar refractivity (Wildman–Crippen MR) is 78.1 cm³/mol. The molecule has 0 aliphatic rings. The molecule has 0 spiro atoms. The molecule has 0 unspecified atom stereocenters. The van der Waals surface area contributed by atoms with E-state index in [1.807, 2.05) is 24.3 Å². The highest BCUT2D eigenvalue weighted by molar-refractivity contribution is 7.16. The van der Waals surface area contributed by atoms with Crippen molar-refractivity contribution in [3.63, 3.8) is 0 Å². The third-order valence-corrected chi connectivity index (χ3v) is 4.03. The van der Waals surface area contributed by atoms with E-state index in [2.05, 4.69) is 5.32 Å². The molecule has 0 saturated carbocycles. The van der Waals surface area contributed by atoms with Gasteiger partial charge in [0.25, 0.3) is 0 Å². The number of carbonyl (C=O) groups is 1. The van der Waals surface area contributed by atoms with E-state index in [4.69, 9.17) is 16.7 Å². The van der Waals surface area contributed by atoms with E-state index >= 15 is 0 Å². The highest BCUT2D eigenvalue weighted by Crippen LogP contribution is 2.21. The van der Waals surface area contributed by atoms with E-state index in [9.17, 15) is 4.79 Å². The van der Waals surface area contributed by atoms with Gasteiger partial charge in [0.15, 0.2) is 0 Å². The molecular weight excluding hydrogens is 282 g/mol. The average molecular weight is 296 g/mol.